The molecule has 27 heavy (non-hydrogen) atoms. The lowest BCUT2D eigenvalue weighted by atomic mass is 10.1. The predicted molar refractivity (Wildman–Crippen MR) is 103 cm³/mol. The van der Waals surface area contributed by atoms with Crippen molar-refractivity contribution in [2.75, 3.05) is 29.6 Å². The van der Waals surface area contributed by atoms with E-state index in [9.17, 15) is 18.0 Å². The molecular formula is C17H20N2O6S2. The van der Waals surface area contributed by atoms with Gasteiger partial charge in [-0.3, -0.25) is 4.79 Å². The van der Waals surface area contributed by atoms with Crippen molar-refractivity contribution in [1.29, 1.82) is 0 Å². The minimum absolute atomic E-state index is 0.0147. The molecule has 2 saturated heterocycles. The quantitative estimate of drug-likeness (QED) is 0.762. The van der Waals surface area contributed by atoms with E-state index in [0.29, 0.717) is 5.17 Å². The Hall–Kier alpha value is -1.91. The van der Waals surface area contributed by atoms with Gasteiger partial charge in [0.05, 0.1) is 17.5 Å². The van der Waals surface area contributed by atoms with Crippen molar-refractivity contribution in [3.05, 3.63) is 29.3 Å². The van der Waals surface area contributed by atoms with Crippen LogP contribution in [0.15, 0.2) is 23.2 Å². The molecule has 1 amide bonds. The van der Waals surface area contributed by atoms with Gasteiger partial charge in [0.2, 0.25) is 0 Å². The van der Waals surface area contributed by atoms with Gasteiger partial charge in [0.25, 0.3) is 5.91 Å². The van der Waals surface area contributed by atoms with E-state index in [0.717, 1.165) is 16.8 Å². The highest BCUT2D eigenvalue weighted by Gasteiger charge is 2.49. The number of benzene rings is 1. The Bertz CT molecular complexity index is 912. The molecule has 0 spiro atoms. The molecule has 1 aromatic carbocycles. The van der Waals surface area contributed by atoms with Gasteiger partial charge in [-0.25, -0.2) is 13.2 Å². The van der Waals surface area contributed by atoms with Gasteiger partial charge in [-0.2, -0.15) is 4.99 Å². The van der Waals surface area contributed by atoms with Gasteiger partial charge in [0.15, 0.2) is 15.0 Å². The maximum atomic E-state index is 12.1. The van der Waals surface area contributed by atoms with Crippen molar-refractivity contribution in [2.24, 2.45) is 4.99 Å². The van der Waals surface area contributed by atoms with E-state index in [4.69, 9.17) is 9.84 Å². The number of sulfone groups is 1. The monoisotopic (exact) mass is 412 g/mol. The number of amides is 1. The number of carboxylic acid groups (broad SMARTS) is 1. The normalized spacial score (nSPS) is 25.0. The summed E-state index contributed by atoms with van der Waals surface area (Å²) in [7, 11) is -3.14. The third-order valence-electron chi connectivity index (χ3n) is 4.57. The molecule has 2 atom stereocenters. The average molecular weight is 412 g/mol. The maximum Gasteiger partial charge on any atom is 0.329 e. The Kier molecular flexibility index (Phi) is 5.59. The molecule has 1 N–H and O–H groups in total. The molecule has 0 aliphatic carbocycles. The molecule has 146 valence electrons. The number of fused-ring (bicyclic) bond motifs is 1. The third-order valence-corrected chi connectivity index (χ3v) is 7.78. The van der Waals surface area contributed by atoms with Crippen molar-refractivity contribution in [3.8, 4) is 0 Å². The fourth-order valence-electron chi connectivity index (χ4n) is 3.21. The second-order valence-corrected chi connectivity index (χ2v) is 9.92. The topological polar surface area (TPSA) is 113 Å². The van der Waals surface area contributed by atoms with Crippen LogP contribution in [0.5, 0.6) is 0 Å². The van der Waals surface area contributed by atoms with Crippen molar-refractivity contribution in [2.45, 2.75) is 25.1 Å². The largest absolute Gasteiger partial charge is 0.480 e. The molecule has 0 unspecified atom stereocenters. The number of anilines is 1. The number of aliphatic carboxylic acids is 1. The van der Waals surface area contributed by atoms with Crippen LogP contribution in [0.2, 0.25) is 0 Å². The second-order valence-electron chi connectivity index (χ2n) is 6.56. The third kappa shape index (κ3) is 4.33. The van der Waals surface area contributed by atoms with E-state index >= 15 is 0 Å². The van der Waals surface area contributed by atoms with Crippen LogP contribution < -0.4 is 4.90 Å². The number of carboxylic acids is 1. The molecule has 8 nitrogen and oxygen atoms in total. The van der Waals surface area contributed by atoms with Gasteiger partial charge in [-0.05, 0) is 31.0 Å². The molecule has 2 heterocycles. The van der Waals surface area contributed by atoms with Crippen molar-refractivity contribution >= 4 is 44.3 Å². The SMILES string of the molecule is Cc1cccc(N2C(=NC(=O)COCC(=O)O)S[C@@H]3CS(=O)(=O)C[C@@H]32)c1C. The first-order chi connectivity index (χ1) is 12.7. The fraction of sp³-hybridized carbons (Fsp3) is 0.471. The van der Waals surface area contributed by atoms with Crippen LogP contribution in [-0.2, 0) is 24.2 Å². The molecule has 2 fully saturated rings. The molecule has 0 aromatic heterocycles. The molecule has 1 aromatic rings. The second kappa shape index (κ2) is 7.61. The molecular weight excluding hydrogens is 392 g/mol. The highest BCUT2D eigenvalue weighted by atomic mass is 32.2. The number of nitrogens with zero attached hydrogens (tertiary/aromatic N) is 2. The standard InChI is InChI=1S/C17H20N2O6S2/c1-10-4-3-5-12(11(10)2)19-13-8-27(23,24)9-14(13)26-17(19)18-15(20)6-25-7-16(21)22/h3-5,13-14H,6-9H2,1-2H3,(H,21,22)/t13-,14+/m0/s1. The van der Waals surface area contributed by atoms with Gasteiger partial charge in [0.1, 0.15) is 13.2 Å². The van der Waals surface area contributed by atoms with Gasteiger partial charge in [-0.1, -0.05) is 23.9 Å². The van der Waals surface area contributed by atoms with Crippen LogP contribution in [0.4, 0.5) is 5.69 Å². The number of carbonyl (C=O) groups is 2. The zero-order chi connectivity index (χ0) is 19.8. The lowest BCUT2D eigenvalue weighted by Crippen LogP contribution is -2.38. The van der Waals surface area contributed by atoms with E-state index < -0.39 is 34.9 Å². The lowest BCUT2D eigenvalue weighted by Gasteiger charge is -2.26. The van der Waals surface area contributed by atoms with Crippen LogP contribution in [0.3, 0.4) is 0 Å². The first-order valence-electron chi connectivity index (χ1n) is 8.31. The van der Waals surface area contributed by atoms with Crippen LogP contribution in [0, 0.1) is 13.8 Å². The fourth-order valence-corrected chi connectivity index (χ4v) is 7.13. The van der Waals surface area contributed by atoms with E-state index in [-0.39, 0.29) is 22.8 Å². The molecule has 0 radical (unpaired) electrons. The van der Waals surface area contributed by atoms with Crippen LogP contribution in [-0.4, -0.2) is 66.6 Å². The summed E-state index contributed by atoms with van der Waals surface area (Å²) < 4.78 is 29.0. The number of carbonyl (C=O) groups excluding carboxylic acids is 1. The molecule has 0 bridgehead atoms. The highest BCUT2D eigenvalue weighted by molar-refractivity contribution is 8.16. The number of rotatable bonds is 5. The summed E-state index contributed by atoms with van der Waals surface area (Å²) in [4.78, 5) is 28.5. The molecule has 10 heteroatoms. The summed E-state index contributed by atoms with van der Waals surface area (Å²) in [5.41, 5.74) is 2.87. The van der Waals surface area contributed by atoms with Crippen molar-refractivity contribution in [3.63, 3.8) is 0 Å². The number of ether oxygens (including phenoxy) is 1. The number of aryl methyl sites for hydroxylation is 1. The van der Waals surface area contributed by atoms with E-state index in [1.165, 1.54) is 11.8 Å². The summed E-state index contributed by atoms with van der Waals surface area (Å²) in [5, 5.41) is 8.81. The smallest absolute Gasteiger partial charge is 0.329 e. The van der Waals surface area contributed by atoms with Crippen LogP contribution in [0.1, 0.15) is 11.1 Å². The maximum absolute atomic E-state index is 12.1. The summed E-state index contributed by atoms with van der Waals surface area (Å²) >= 11 is 1.27. The average Bonchev–Trinajstić information content (AvgIpc) is 3.01. The first-order valence-corrected chi connectivity index (χ1v) is 11.0. The van der Waals surface area contributed by atoms with Gasteiger partial charge >= 0.3 is 5.97 Å². The zero-order valence-corrected chi connectivity index (χ0v) is 16.5. The van der Waals surface area contributed by atoms with Gasteiger partial charge in [0, 0.05) is 10.9 Å². The molecule has 2 aliphatic heterocycles. The van der Waals surface area contributed by atoms with Gasteiger partial charge < -0.3 is 14.7 Å². The summed E-state index contributed by atoms with van der Waals surface area (Å²) in [5.74, 6) is -1.70. The Labute approximate surface area is 161 Å². The van der Waals surface area contributed by atoms with Gasteiger partial charge in [-0.15, -0.1) is 0 Å². The Morgan fingerprint density at radius 2 is 2.04 bits per heavy atom. The summed E-state index contributed by atoms with van der Waals surface area (Å²) in [6.07, 6.45) is 0. The molecule has 3 rings (SSSR count). The minimum atomic E-state index is -3.14. The van der Waals surface area contributed by atoms with Crippen LogP contribution >= 0.6 is 11.8 Å². The Morgan fingerprint density at radius 3 is 2.74 bits per heavy atom. The summed E-state index contributed by atoms with van der Waals surface area (Å²) in [6, 6.07) is 5.45. The number of aliphatic imine (C=N–C) groups is 1. The lowest BCUT2D eigenvalue weighted by molar-refractivity contribution is -0.143. The number of amidine groups is 1. The minimum Gasteiger partial charge on any atom is -0.480 e. The van der Waals surface area contributed by atoms with E-state index in [2.05, 4.69) is 4.99 Å². The van der Waals surface area contributed by atoms with E-state index in [1.54, 1.807) is 0 Å². The van der Waals surface area contributed by atoms with Crippen molar-refractivity contribution in [1.82, 2.24) is 0 Å². The molecule has 0 saturated carbocycles. The zero-order valence-electron chi connectivity index (χ0n) is 14.9. The Morgan fingerprint density at radius 1 is 1.30 bits per heavy atom. The summed E-state index contributed by atoms with van der Waals surface area (Å²) in [6.45, 7) is 2.90. The van der Waals surface area contributed by atoms with E-state index in [1.807, 2.05) is 36.9 Å². The first kappa shape index (κ1) is 19.8. The molecule has 2 aliphatic rings. The predicted octanol–water partition coefficient (Wildman–Crippen LogP) is 1.01. The number of thioether (sulfide) groups is 1. The Balaban J connectivity index is 1.91. The van der Waals surface area contributed by atoms with Crippen LogP contribution in [0.25, 0.3) is 0 Å². The number of hydrogen-bond acceptors (Lipinski definition) is 6. The number of hydrogen-bond donors (Lipinski definition) is 1. The highest BCUT2D eigenvalue weighted by Crippen LogP contribution is 2.42. The van der Waals surface area contributed by atoms with Crippen molar-refractivity contribution < 1.29 is 27.9 Å².